The number of nitrogens with one attached hydrogen (secondary N) is 1. The minimum Gasteiger partial charge on any atom is -0.395 e. The summed E-state index contributed by atoms with van der Waals surface area (Å²) in [6.45, 7) is 0. The van der Waals surface area contributed by atoms with Crippen LogP contribution in [0.15, 0.2) is 28.9 Å². The van der Waals surface area contributed by atoms with Gasteiger partial charge in [-0.25, -0.2) is 9.97 Å². The summed E-state index contributed by atoms with van der Waals surface area (Å²) in [7, 11) is 0. The number of carbonyl (C=O) groups is 1. The predicted molar refractivity (Wildman–Crippen MR) is 60.4 cm³/mol. The molecule has 0 radical (unpaired) electrons. The van der Waals surface area contributed by atoms with Crippen molar-refractivity contribution in [1.29, 1.82) is 0 Å². The van der Waals surface area contributed by atoms with Gasteiger partial charge in [-0.3, -0.25) is 14.9 Å². The highest BCUT2D eigenvalue weighted by molar-refractivity contribution is 6.32. The molecule has 0 atom stereocenters. The Morgan fingerprint density at radius 1 is 1.39 bits per heavy atom. The van der Waals surface area contributed by atoms with Crippen molar-refractivity contribution in [2.24, 2.45) is 0 Å². The second-order valence-electron chi connectivity index (χ2n) is 3.04. The molecule has 0 saturated heterocycles. The molecule has 0 unspecified atom stereocenters. The van der Waals surface area contributed by atoms with Gasteiger partial charge in [0, 0.05) is 12.4 Å². The van der Waals surface area contributed by atoms with E-state index in [1.54, 1.807) is 0 Å². The van der Waals surface area contributed by atoms with Crippen LogP contribution in [0, 0.1) is 10.1 Å². The summed E-state index contributed by atoms with van der Waals surface area (Å²) in [5.74, 6) is -1.40. The van der Waals surface area contributed by atoms with E-state index in [1.807, 2.05) is 0 Å². The van der Waals surface area contributed by atoms with Crippen LogP contribution in [-0.2, 0) is 0 Å². The van der Waals surface area contributed by atoms with Gasteiger partial charge in [-0.1, -0.05) is 11.6 Å². The highest BCUT2D eigenvalue weighted by Crippen LogP contribution is 2.19. The Morgan fingerprint density at radius 3 is 2.72 bits per heavy atom. The molecular formula is C9H5ClN4O4. The first-order valence-electron chi connectivity index (χ1n) is 4.60. The van der Waals surface area contributed by atoms with Gasteiger partial charge in [0.15, 0.2) is 16.7 Å². The Hall–Kier alpha value is -2.48. The summed E-state index contributed by atoms with van der Waals surface area (Å²) < 4.78 is 4.72. The highest BCUT2D eigenvalue weighted by Gasteiger charge is 2.18. The van der Waals surface area contributed by atoms with E-state index in [1.165, 1.54) is 18.5 Å². The van der Waals surface area contributed by atoms with Crippen molar-refractivity contribution < 1.29 is 14.1 Å². The number of nitro groups is 1. The van der Waals surface area contributed by atoms with Crippen LogP contribution in [0.5, 0.6) is 0 Å². The van der Waals surface area contributed by atoms with Crippen molar-refractivity contribution in [2.45, 2.75) is 0 Å². The van der Waals surface area contributed by atoms with Crippen LogP contribution in [0.3, 0.4) is 0 Å². The summed E-state index contributed by atoms with van der Waals surface area (Å²) in [6, 6.07) is 2.25. The van der Waals surface area contributed by atoms with Crippen LogP contribution in [0.1, 0.15) is 10.6 Å². The van der Waals surface area contributed by atoms with Gasteiger partial charge in [-0.15, -0.1) is 0 Å². The molecule has 1 N–H and O–H groups in total. The summed E-state index contributed by atoms with van der Waals surface area (Å²) >= 11 is 5.68. The molecule has 92 valence electrons. The standard InChI is InChI=1S/C9H5ClN4O4/c10-7-8(12-4-3-11-7)13-9(15)5-1-2-6(18-5)14(16)17/h1-4H,(H,12,13,15). The second-order valence-corrected chi connectivity index (χ2v) is 3.40. The first kappa shape index (κ1) is 12.0. The van der Waals surface area contributed by atoms with Crippen LogP contribution in [0.4, 0.5) is 11.7 Å². The Bertz CT molecular complexity index is 612. The van der Waals surface area contributed by atoms with Gasteiger partial charge < -0.3 is 9.73 Å². The van der Waals surface area contributed by atoms with Crippen molar-refractivity contribution in [3.8, 4) is 0 Å². The van der Waals surface area contributed by atoms with E-state index in [0.717, 1.165) is 6.07 Å². The quantitative estimate of drug-likeness (QED) is 0.672. The van der Waals surface area contributed by atoms with Crippen LogP contribution in [0.25, 0.3) is 0 Å². The molecule has 0 saturated carbocycles. The molecule has 2 aromatic rings. The fourth-order valence-electron chi connectivity index (χ4n) is 1.12. The van der Waals surface area contributed by atoms with E-state index in [0.29, 0.717) is 0 Å². The van der Waals surface area contributed by atoms with Crippen LogP contribution >= 0.6 is 11.6 Å². The molecule has 2 heterocycles. The summed E-state index contributed by atoms with van der Waals surface area (Å²) in [4.78, 5) is 28.8. The number of hydrogen-bond acceptors (Lipinski definition) is 6. The smallest absolute Gasteiger partial charge is 0.395 e. The molecule has 0 aromatic carbocycles. The summed E-state index contributed by atoms with van der Waals surface area (Å²) in [5, 5.41) is 12.7. The lowest BCUT2D eigenvalue weighted by molar-refractivity contribution is -0.402. The molecule has 0 bridgehead atoms. The number of hydrogen-bond donors (Lipinski definition) is 1. The average Bonchev–Trinajstić information content (AvgIpc) is 2.81. The van der Waals surface area contributed by atoms with Crippen molar-refractivity contribution >= 4 is 29.2 Å². The van der Waals surface area contributed by atoms with E-state index in [-0.39, 0.29) is 16.7 Å². The van der Waals surface area contributed by atoms with Crippen LogP contribution < -0.4 is 5.32 Å². The molecular weight excluding hydrogens is 264 g/mol. The first-order valence-corrected chi connectivity index (χ1v) is 4.98. The number of rotatable bonds is 3. The van der Waals surface area contributed by atoms with Crippen molar-refractivity contribution in [2.75, 3.05) is 5.32 Å². The molecule has 0 aliphatic heterocycles. The molecule has 1 amide bonds. The minimum absolute atomic E-state index is 0.00639. The number of amides is 1. The topological polar surface area (TPSA) is 111 Å². The van der Waals surface area contributed by atoms with Crippen LogP contribution in [0.2, 0.25) is 5.15 Å². The third kappa shape index (κ3) is 2.43. The Labute approximate surface area is 105 Å². The second kappa shape index (κ2) is 4.80. The SMILES string of the molecule is O=C(Nc1nccnc1Cl)c1ccc([N+](=O)[O-])o1. The van der Waals surface area contributed by atoms with Gasteiger partial charge in [0.2, 0.25) is 0 Å². The minimum atomic E-state index is -0.744. The first-order chi connectivity index (χ1) is 8.58. The monoisotopic (exact) mass is 268 g/mol. The number of furan rings is 1. The highest BCUT2D eigenvalue weighted by atomic mass is 35.5. The molecule has 9 heteroatoms. The maximum Gasteiger partial charge on any atom is 0.433 e. The number of nitrogens with zero attached hydrogens (tertiary/aromatic N) is 3. The van der Waals surface area contributed by atoms with Gasteiger partial charge >= 0.3 is 5.88 Å². The van der Waals surface area contributed by atoms with E-state index in [9.17, 15) is 14.9 Å². The van der Waals surface area contributed by atoms with E-state index in [2.05, 4.69) is 15.3 Å². The van der Waals surface area contributed by atoms with Crippen LogP contribution in [-0.4, -0.2) is 20.8 Å². The molecule has 0 aliphatic carbocycles. The molecule has 2 aromatic heterocycles. The molecule has 0 spiro atoms. The third-order valence-electron chi connectivity index (χ3n) is 1.88. The van der Waals surface area contributed by atoms with Gasteiger partial charge in [0.05, 0.1) is 6.07 Å². The average molecular weight is 269 g/mol. The number of aromatic nitrogens is 2. The van der Waals surface area contributed by atoms with E-state index >= 15 is 0 Å². The number of carbonyl (C=O) groups excluding carboxylic acids is 1. The number of halogens is 1. The van der Waals surface area contributed by atoms with Crippen molar-refractivity contribution in [3.63, 3.8) is 0 Å². The lowest BCUT2D eigenvalue weighted by Gasteiger charge is -2.02. The van der Waals surface area contributed by atoms with E-state index in [4.69, 9.17) is 16.0 Å². The van der Waals surface area contributed by atoms with Gasteiger partial charge in [-0.2, -0.15) is 0 Å². The van der Waals surface area contributed by atoms with E-state index < -0.39 is 16.7 Å². The maximum absolute atomic E-state index is 11.6. The molecule has 2 rings (SSSR count). The Kier molecular flexibility index (Phi) is 3.20. The molecule has 8 nitrogen and oxygen atoms in total. The molecule has 0 fully saturated rings. The summed E-state index contributed by atoms with van der Waals surface area (Å²) in [5.41, 5.74) is 0. The van der Waals surface area contributed by atoms with Gasteiger partial charge in [0.1, 0.15) is 4.92 Å². The van der Waals surface area contributed by atoms with Crippen molar-refractivity contribution in [1.82, 2.24) is 9.97 Å². The molecule has 18 heavy (non-hydrogen) atoms. The number of anilines is 1. The Balaban J connectivity index is 2.17. The molecule has 0 aliphatic rings. The predicted octanol–water partition coefficient (Wildman–Crippen LogP) is 1.88. The maximum atomic E-state index is 11.6. The zero-order valence-corrected chi connectivity index (χ0v) is 9.42. The zero-order chi connectivity index (χ0) is 13.1. The fourth-order valence-corrected chi connectivity index (χ4v) is 1.27. The van der Waals surface area contributed by atoms with Crippen molar-refractivity contribution in [3.05, 3.63) is 45.6 Å². The lowest BCUT2D eigenvalue weighted by Crippen LogP contribution is -2.12. The third-order valence-corrected chi connectivity index (χ3v) is 2.16. The summed E-state index contributed by atoms with van der Waals surface area (Å²) in [6.07, 6.45) is 2.70. The Morgan fingerprint density at radius 2 is 2.11 bits per heavy atom. The lowest BCUT2D eigenvalue weighted by atomic mass is 10.4. The fraction of sp³-hybridized carbons (Fsp3) is 0. The zero-order valence-electron chi connectivity index (χ0n) is 8.66. The van der Waals surface area contributed by atoms with Gasteiger partial charge in [-0.05, 0) is 6.07 Å². The van der Waals surface area contributed by atoms with Gasteiger partial charge in [0.25, 0.3) is 5.91 Å². The normalized spacial score (nSPS) is 10.1. The largest absolute Gasteiger partial charge is 0.433 e.